The maximum absolute atomic E-state index is 11.7. The smallest absolute Gasteiger partial charge is 0.333 e. The molecule has 1 unspecified atom stereocenters. The van der Waals surface area contributed by atoms with E-state index in [1.165, 1.54) is 31.1 Å². The quantitative estimate of drug-likeness (QED) is 0.753. The molecular formula is C16H20O2. The van der Waals surface area contributed by atoms with Crippen LogP contribution in [-0.2, 0) is 9.53 Å². The van der Waals surface area contributed by atoms with Gasteiger partial charge in [0, 0.05) is 5.57 Å². The largest absolute Gasteiger partial charge is 0.466 e. The molecule has 1 aliphatic carbocycles. The summed E-state index contributed by atoms with van der Waals surface area (Å²) in [5, 5.41) is 0. The van der Waals surface area contributed by atoms with E-state index in [4.69, 9.17) is 4.74 Å². The lowest BCUT2D eigenvalue weighted by Crippen LogP contribution is -2.04. The third-order valence-electron chi connectivity index (χ3n) is 3.61. The Labute approximate surface area is 109 Å². The van der Waals surface area contributed by atoms with Gasteiger partial charge in [0.25, 0.3) is 0 Å². The van der Waals surface area contributed by atoms with Crippen LogP contribution in [0.5, 0.6) is 0 Å². The summed E-state index contributed by atoms with van der Waals surface area (Å²) in [6, 6.07) is 8.38. The van der Waals surface area contributed by atoms with Gasteiger partial charge in [-0.15, -0.1) is 0 Å². The van der Waals surface area contributed by atoms with Gasteiger partial charge < -0.3 is 4.74 Å². The molecule has 0 amide bonds. The van der Waals surface area contributed by atoms with Crippen molar-refractivity contribution in [2.75, 3.05) is 7.11 Å². The topological polar surface area (TPSA) is 26.3 Å². The van der Waals surface area contributed by atoms with Crippen LogP contribution >= 0.6 is 0 Å². The average Bonchev–Trinajstić information content (AvgIpc) is 2.59. The van der Waals surface area contributed by atoms with Gasteiger partial charge in [0.15, 0.2) is 0 Å². The first-order valence-electron chi connectivity index (χ1n) is 6.64. The first-order valence-corrected chi connectivity index (χ1v) is 6.64. The van der Waals surface area contributed by atoms with Crippen LogP contribution in [0.3, 0.4) is 0 Å². The molecule has 2 nitrogen and oxygen atoms in total. The van der Waals surface area contributed by atoms with Crippen molar-refractivity contribution in [1.29, 1.82) is 0 Å². The van der Waals surface area contributed by atoms with Crippen molar-refractivity contribution in [3.63, 3.8) is 0 Å². The van der Waals surface area contributed by atoms with Gasteiger partial charge >= 0.3 is 5.97 Å². The molecule has 0 aromatic heterocycles. The number of esters is 1. The molecule has 18 heavy (non-hydrogen) atoms. The third-order valence-corrected chi connectivity index (χ3v) is 3.61. The van der Waals surface area contributed by atoms with E-state index in [9.17, 15) is 4.79 Å². The molecule has 0 radical (unpaired) electrons. The molecule has 0 aliphatic heterocycles. The van der Waals surface area contributed by atoms with Crippen molar-refractivity contribution >= 4 is 12.0 Å². The predicted octanol–water partition coefficient (Wildman–Crippen LogP) is 3.92. The first kappa shape index (κ1) is 12.9. The highest BCUT2D eigenvalue weighted by molar-refractivity contribution is 5.94. The number of rotatable bonds is 3. The molecule has 0 bridgehead atoms. The van der Waals surface area contributed by atoms with Crippen LogP contribution in [0.25, 0.3) is 6.08 Å². The SMILES string of the molecule is CCCC1CCC(C(=O)OC)=Cc2ccccc21. The van der Waals surface area contributed by atoms with Crippen molar-refractivity contribution < 1.29 is 9.53 Å². The Morgan fingerprint density at radius 2 is 2.17 bits per heavy atom. The highest BCUT2D eigenvalue weighted by atomic mass is 16.5. The minimum atomic E-state index is -0.193. The van der Waals surface area contributed by atoms with Crippen molar-refractivity contribution in [3.8, 4) is 0 Å². The number of methoxy groups -OCH3 is 1. The molecule has 1 aromatic carbocycles. The number of carbonyl (C=O) groups is 1. The zero-order chi connectivity index (χ0) is 13.0. The number of benzene rings is 1. The molecule has 1 atom stereocenters. The molecule has 2 rings (SSSR count). The molecule has 1 aromatic rings. The van der Waals surface area contributed by atoms with Crippen LogP contribution in [0, 0.1) is 0 Å². The zero-order valence-corrected chi connectivity index (χ0v) is 11.1. The van der Waals surface area contributed by atoms with E-state index in [-0.39, 0.29) is 5.97 Å². The van der Waals surface area contributed by atoms with E-state index in [1.807, 2.05) is 12.1 Å². The van der Waals surface area contributed by atoms with E-state index < -0.39 is 0 Å². The second-order valence-electron chi connectivity index (χ2n) is 4.81. The number of ether oxygens (including phenoxy) is 1. The summed E-state index contributed by atoms with van der Waals surface area (Å²) in [6.07, 6.45) is 6.19. The summed E-state index contributed by atoms with van der Waals surface area (Å²) in [5.41, 5.74) is 3.34. The van der Waals surface area contributed by atoms with Gasteiger partial charge in [-0.05, 0) is 42.4 Å². The van der Waals surface area contributed by atoms with Crippen LogP contribution in [-0.4, -0.2) is 13.1 Å². The average molecular weight is 244 g/mol. The molecule has 0 spiro atoms. The Morgan fingerprint density at radius 3 is 2.89 bits per heavy atom. The van der Waals surface area contributed by atoms with Gasteiger partial charge in [-0.2, -0.15) is 0 Å². The lowest BCUT2D eigenvalue weighted by atomic mass is 9.89. The fraction of sp³-hybridized carbons (Fsp3) is 0.438. The molecule has 1 aliphatic rings. The fourth-order valence-corrected chi connectivity index (χ4v) is 2.70. The van der Waals surface area contributed by atoms with Crippen LogP contribution in [0.15, 0.2) is 29.8 Å². The molecule has 96 valence electrons. The van der Waals surface area contributed by atoms with E-state index in [0.717, 1.165) is 18.4 Å². The van der Waals surface area contributed by atoms with Crippen LogP contribution in [0.1, 0.15) is 49.7 Å². The maximum Gasteiger partial charge on any atom is 0.333 e. The van der Waals surface area contributed by atoms with Crippen LogP contribution in [0.2, 0.25) is 0 Å². The minimum Gasteiger partial charge on any atom is -0.466 e. The van der Waals surface area contributed by atoms with Crippen molar-refractivity contribution in [3.05, 3.63) is 41.0 Å². The molecule has 2 heteroatoms. The first-order chi connectivity index (χ1) is 8.76. The number of hydrogen-bond donors (Lipinski definition) is 0. The van der Waals surface area contributed by atoms with Crippen molar-refractivity contribution in [2.24, 2.45) is 0 Å². The van der Waals surface area contributed by atoms with E-state index in [2.05, 4.69) is 25.1 Å². The third kappa shape index (κ3) is 2.63. The van der Waals surface area contributed by atoms with Gasteiger partial charge in [0.1, 0.15) is 0 Å². The Kier molecular flexibility index (Phi) is 4.19. The van der Waals surface area contributed by atoms with Gasteiger partial charge in [0.05, 0.1) is 7.11 Å². The summed E-state index contributed by atoms with van der Waals surface area (Å²) in [6.45, 7) is 2.21. The second kappa shape index (κ2) is 5.85. The summed E-state index contributed by atoms with van der Waals surface area (Å²) >= 11 is 0. The Morgan fingerprint density at radius 1 is 1.39 bits per heavy atom. The number of carbonyl (C=O) groups excluding carboxylic acids is 1. The van der Waals surface area contributed by atoms with Crippen molar-refractivity contribution in [2.45, 2.75) is 38.5 Å². The van der Waals surface area contributed by atoms with Gasteiger partial charge in [-0.3, -0.25) is 0 Å². The molecular weight excluding hydrogens is 224 g/mol. The summed E-state index contributed by atoms with van der Waals surface area (Å²) in [7, 11) is 1.45. The maximum atomic E-state index is 11.7. The van der Waals surface area contributed by atoms with E-state index in [1.54, 1.807) is 0 Å². The zero-order valence-electron chi connectivity index (χ0n) is 11.1. The number of hydrogen-bond acceptors (Lipinski definition) is 2. The highest BCUT2D eigenvalue weighted by Gasteiger charge is 2.21. The van der Waals surface area contributed by atoms with E-state index >= 15 is 0 Å². The standard InChI is InChI=1S/C16H20O2/c1-3-6-12-9-10-14(16(17)18-2)11-13-7-4-5-8-15(12)13/h4-5,7-8,11-12H,3,6,9-10H2,1-2H3. The predicted molar refractivity (Wildman–Crippen MR) is 73.3 cm³/mol. The Balaban J connectivity index is 2.37. The van der Waals surface area contributed by atoms with Gasteiger partial charge in [0.2, 0.25) is 0 Å². The summed E-state index contributed by atoms with van der Waals surface area (Å²) < 4.78 is 4.85. The Bertz CT molecular complexity index is 460. The van der Waals surface area contributed by atoms with Crippen LogP contribution in [0.4, 0.5) is 0 Å². The summed E-state index contributed by atoms with van der Waals surface area (Å²) in [4.78, 5) is 11.7. The lowest BCUT2D eigenvalue weighted by molar-refractivity contribution is -0.136. The Hall–Kier alpha value is -1.57. The number of fused-ring (bicyclic) bond motifs is 1. The van der Waals surface area contributed by atoms with E-state index in [0.29, 0.717) is 5.92 Å². The molecule has 0 saturated carbocycles. The molecule has 0 fully saturated rings. The van der Waals surface area contributed by atoms with Crippen molar-refractivity contribution in [1.82, 2.24) is 0 Å². The highest BCUT2D eigenvalue weighted by Crippen LogP contribution is 2.35. The fourth-order valence-electron chi connectivity index (χ4n) is 2.70. The lowest BCUT2D eigenvalue weighted by Gasteiger charge is -2.16. The molecule has 0 N–H and O–H groups in total. The van der Waals surface area contributed by atoms with Gasteiger partial charge in [-0.1, -0.05) is 37.6 Å². The van der Waals surface area contributed by atoms with Crippen LogP contribution < -0.4 is 0 Å². The normalized spacial score (nSPS) is 18.6. The molecule has 0 heterocycles. The second-order valence-corrected chi connectivity index (χ2v) is 4.81. The monoisotopic (exact) mass is 244 g/mol. The van der Waals surface area contributed by atoms with Gasteiger partial charge in [-0.25, -0.2) is 4.79 Å². The minimum absolute atomic E-state index is 0.193. The summed E-state index contributed by atoms with van der Waals surface area (Å²) in [5.74, 6) is 0.367. The molecule has 0 saturated heterocycles.